The number of halogens is 1. The highest BCUT2D eigenvalue weighted by Crippen LogP contribution is 2.10. The van der Waals surface area contributed by atoms with Crippen LogP contribution in [0.1, 0.15) is 20.8 Å². The summed E-state index contributed by atoms with van der Waals surface area (Å²) >= 11 is 5.67. The summed E-state index contributed by atoms with van der Waals surface area (Å²) in [6, 6.07) is 0.631. The van der Waals surface area contributed by atoms with E-state index in [4.69, 9.17) is 11.6 Å². The van der Waals surface area contributed by atoms with E-state index in [-0.39, 0.29) is 0 Å². The first-order valence-corrected chi connectivity index (χ1v) is 5.78. The number of rotatable bonds is 3. The molecule has 0 radical (unpaired) electrons. The monoisotopic (exact) mass is 216 g/mol. The molecule has 0 aromatic carbocycles. The van der Waals surface area contributed by atoms with E-state index in [0.717, 1.165) is 26.2 Å². The number of piperazine rings is 1. The summed E-state index contributed by atoms with van der Waals surface area (Å²) in [7, 11) is 0. The Morgan fingerprint density at radius 2 is 2.36 bits per heavy atom. The van der Waals surface area contributed by atoms with Crippen LogP contribution < -0.4 is 5.32 Å². The lowest BCUT2D eigenvalue weighted by Crippen LogP contribution is -2.53. The molecule has 0 spiro atoms. The van der Waals surface area contributed by atoms with Crippen molar-refractivity contribution in [2.45, 2.75) is 26.8 Å². The van der Waals surface area contributed by atoms with Crippen LogP contribution in [0.3, 0.4) is 0 Å². The molecule has 1 N–H and O–H groups in total. The van der Waals surface area contributed by atoms with Crippen molar-refractivity contribution in [1.82, 2.24) is 10.2 Å². The first kappa shape index (κ1) is 12.0. The van der Waals surface area contributed by atoms with Gasteiger partial charge in [0, 0.05) is 37.8 Å². The van der Waals surface area contributed by atoms with E-state index in [9.17, 15) is 0 Å². The molecular weight excluding hydrogens is 196 g/mol. The molecule has 1 aliphatic heterocycles. The second kappa shape index (κ2) is 5.74. The number of nitrogens with zero attached hydrogens (tertiary/aromatic N) is 1. The van der Waals surface area contributed by atoms with E-state index in [1.54, 1.807) is 5.54 Å². The Hall–Kier alpha value is -0.0500. The third-order valence-corrected chi connectivity index (χ3v) is 3.13. The van der Waals surface area contributed by atoms with Gasteiger partial charge in [-0.3, -0.25) is 4.90 Å². The molecule has 1 atom stereocenters. The van der Waals surface area contributed by atoms with Gasteiger partial charge in [-0.15, -0.1) is 0 Å². The second-order valence-corrected chi connectivity index (χ2v) is 4.71. The van der Waals surface area contributed by atoms with Gasteiger partial charge in [0.05, 0.1) is 0 Å². The van der Waals surface area contributed by atoms with Crippen LogP contribution >= 0.6 is 11.6 Å². The number of nitrogens with one attached hydrogen (secondary N) is 1. The van der Waals surface area contributed by atoms with E-state index in [1.165, 1.54) is 5.57 Å². The van der Waals surface area contributed by atoms with Crippen LogP contribution in [0.15, 0.2) is 11.1 Å². The van der Waals surface area contributed by atoms with Crippen LogP contribution in [0.2, 0.25) is 0 Å². The molecule has 0 aliphatic carbocycles. The van der Waals surface area contributed by atoms with Gasteiger partial charge in [-0.2, -0.15) is 0 Å². The van der Waals surface area contributed by atoms with Crippen molar-refractivity contribution in [1.29, 1.82) is 0 Å². The maximum atomic E-state index is 5.67. The molecule has 82 valence electrons. The van der Waals surface area contributed by atoms with Crippen molar-refractivity contribution in [3.63, 3.8) is 0 Å². The van der Waals surface area contributed by atoms with E-state index in [0.29, 0.717) is 12.0 Å². The van der Waals surface area contributed by atoms with Gasteiger partial charge in [-0.1, -0.05) is 25.4 Å². The smallest absolute Gasteiger partial charge is 0.0218 e. The summed E-state index contributed by atoms with van der Waals surface area (Å²) in [4.78, 5) is 2.47. The van der Waals surface area contributed by atoms with Crippen molar-refractivity contribution in [2.24, 2.45) is 5.92 Å². The molecule has 1 fully saturated rings. The first-order valence-electron chi connectivity index (χ1n) is 5.35. The molecule has 14 heavy (non-hydrogen) atoms. The van der Waals surface area contributed by atoms with Gasteiger partial charge in [0.2, 0.25) is 0 Å². The average Bonchev–Trinajstić information content (AvgIpc) is 2.18. The molecule has 1 aliphatic rings. The summed E-state index contributed by atoms with van der Waals surface area (Å²) in [6.45, 7) is 11.0. The molecule has 1 rings (SSSR count). The van der Waals surface area contributed by atoms with Gasteiger partial charge >= 0.3 is 0 Å². The third-order valence-electron chi connectivity index (χ3n) is 2.75. The van der Waals surface area contributed by atoms with Gasteiger partial charge < -0.3 is 5.32 Å². The van der Waals surface area contributed by atoms with Gasteiger partial charge in [-0.05, 0) is 18.4 Å². The Kier molecular flexibility index (Phi) is 4.93. The van der Waals surface area contributed by atoms with Crippen LogP contribution in [0.5, 0.6) is 0 Å². The lowest BCUT2D eigenvalue weighted by molar-refractivity contribution is 0.187. The third kappa shape index (κ3) is 3.60. The zero-order valence-corrected chi connectivity index (χ0v) is 10.1. The Morgan fingerprint density at radius 3 is 2.93 bits per heavy atom. The van der Waals surface area contributed by atoms with Crippen LogP contribution in [-0.2, 0) is 0 Å². The van der Waals surface area contributed by atoms with Crippen molar-refractivity contribution in [3.05, 3.63) is 11.1 Å². The molecule has 0 aromatic heterocycles. The van der Waals surface area contributed by atoms with Gasteiger partial charge in [-0.25, -0.2) is 0 Å². The summed E-state index contributed by atoms with van der Waals surface area (Å²) in [6.07, 6.45) is 0. The fourth-order valence-electron chi connectivity index (χ4n) is 1.82. The van der Waals surface area contributed by atoms with Crippen LogP contribution in [0.4, 0.5) is 0 Å². The molecule has 0 aromatic rings. The molecule has 0 amide bonds. The van der Waals surface area contributed by atoms with E-state index < -0.39 is 0 Å². The highest BCUT2D eigenvalue weighted by Gasteiger charge is 2.21. The van der Waals surface area contributed by atoms with Crippen molar-refractivity contribution >= 4 is 11.6 Å². The molecule has 1 unspecified atom stereocenters. The standard InChI is InChI=1S/C11H21ClN2/c1-9(2)11-8-14(5-4-13-11)7-10(3)6-12/h6,9,11,13H,4-5,7-8H2,1-3H3. The lowest BCUT2D eigenvalue weighted by Gasteiger charge is -2.35. The molecule has 0 saturated carbocycles. The molecular formula is C11H21ClN2. The maximum Gasteiger partial charge on any atom is 0.0218 e. The summed E-state index contributed by atoms with van der Waals surface area (Å²) in [5.41, 5.74) is 2.93. The topological polar surface area (TPSA) is 15.3 Å². The van der Waals surface area contributed by atoms with E-state index in [1.807, 2.05) is 0 Å². The molecule has 0 bridgehead atoms. The average molecular weight is 217 g/mol. The lowest BCUT2D eigenvalue weighted by atomic mass is 10.0. The Morgan fingerprint density at radius 1 is 1.64 bits per heavy atom. The van der Waals surface area contributed by atoms with Crippen LogP contribution in [-0.4, -0.2) is 37.1 Å². The first-order chi connectivity index (χ1) is 6.63. The summed E-state index contributed by atoms with van der Waals surface area (Å²) < 4.78 is 0. The predicted octanol–water partition coefficient (Wildman–Crippen LogP) is 2.06. The quantitative estimate of drug-likeness (QED) is 0.777. The predicted molar refractivity (Wildman–Crippen MR) is 62.7 cm³/mol. The maximum absolute atomic E-state index is 5.67. The normalized spacial score (nSPS) is 25.8. The minimum atomic E-state index is 0.631. The second-order valence-electron chi connectivity index (χ2n) is 4.50. The van der Waals surface area contributed by atoms with Crippen LogP contribution in [0.25, 0.3) is 0 Å². The van der Waals surface area contributed by atoms with Gasteiger partial charge in [0.15, 0.2) is 0 Å². The highest BCUT2D eigenvalue weighted by molar-refractivity contribution is 6.25. The van der Waals surface area contributed by atoms with E-state index in [2.05, 4.69) is 31.0 Å². The largest absolute Gasteiger partial charge is 0.311 e. The van der Waals surface area contributed by atoms with Crippen molar-refractivity contribution < 1.29 is 0 Å². The summed E-state index contributed by atoms with van der Waals surface area (Å²) in [5.74, 6) is 0.707. The molecule has 1 heterocycles. The van der Waals surface area contributed by atoms with Gasteiger partial charge in [0.1, 0.15) is 0 Å². The Bertz CT molecular complexity index is 201. The Balaban J connectivity index is 2.40. The molecule has 1 saturated heterocycles. The number of hydrogen-bond acceptors (Lipinski definition) is 2. The van der Waals surface area contributed by atoms with Crippen molar-refractivity contribution in [3.8, 4) is 0 Å². The van der Waals surface area contributed by atoms with Gasteiger partial charge in [0.25, 0.3) is 0 Å². The Labute approximate surface area is 92.3 Å². The summed E-state index contributed by atoms with van der Waals surface area (Å²) in [5, 5.41) is 3.55. The number of hydrogen-bond donors (Lipinski definition) is 1. The van der Waals surface area contributed by atoms with Crippen molar-refractivity contribution in [2.75, 3.05) is 26.2 Å². The highest BCUT2D eigenvalue weighted by atomic mass is 35.5. The minimum Gasteiger partial charge on any atom is -0.311 e. The zero-order chi connectivity index (χ0) is 10.6. The van der Waals surface area contributed by atoms with E-state index >= 15 is 0 Å². The SMILES string of the molecule is CC(=CCl)CN1CCNC(C(C)C)C1. The fourth-order valence-corrected chi connectivity index (χ4v) is 1.89. The van der Waals surface area contributed by atoms with Crippen LogP contribution in [0, 0.1) is 5.92 Å². The fraction of sp³-hybridized carbons (Fsp3) is 0.818. The minimum absolute atomic E-state index is 0.631. The zero-order valence-electron chi connectivity index (χ0n) is 9.39. The molecule has 2 nitrogen and oxygen atoms in total. The molecule has 3 heteroatoms.